The smallest absolute Gasteiger partial charge is 0.305 e. The van der Waals surface area contributed by atoms with Crippen molar-refractivity contribution >= 4 is 11.9 Å². The predicted octanol–water partition coefficient (Wildman–Crippen LogP) is 11.9. The SMILES string of the molecule is C=CCCCCCCCCOC(=O)CCCCCCC/C=C/CCCCCCCC(=O)OCCCCCCCCC=C. The molecule has 0 radical (unpaired) electrons. The molecule has 0 rings (SSSR count). The maximum atomic E-state index is 11.8. The van der Waals surface area contributed by atoms with Crippen molar-refractivity contribution in [1.29, 1.82) is 0 Å². The molecule has 0 saturated heterocycles. The van der Waals surface area contributed by atoms with Crippen LogP contribution in [0.3, 0.4) is 0 Å². The van der Waals surface area contributed by atoms with E-state index in [1.54, 1.807) is 0 Å². The van der Waals surface area contributed by atoms with E-state index in [9.17, 15) is 9.59 Å². The van der Waals surface area contributed by atoms with E-state index in [0.29, 0.717) is 26.1 Å². The normalized spacial score (nSPS) is 11.1. The highest BCUT2D eigenvalue weighted by atomic mass is 16.5. The zero-order chi connectivity index (χ0) is 30.6. The van der Waals surface area contributed by atoms with Crippen molar-refractivity contribution in [1.82, 2.24) is 0 Å². The van der Waals surface area contributed by atoms with Gasteiger partial charge in [-0.2, -0.15) is 0 Å². The van der Waals surface area contributed by atoms with Crippen LogP contribution in [0.5, 0.6) is 0 Å². The summed E-state index contributed by atoms with van der Waals surface area (Å²) in [4.78, 5) is 23.7. The molecule has 0 saturated carbocycles. The largest absolute Gasteiger partial charge is 0.466 e. The van der Waals surface area contributed by atoms with E-state index >= 15 is 0 Å². The van der Waals surface area contributed by atoms with Crippen molar-refractivity contribution in [2.75, 3.05) is 13.2 Å². The van der Waals surface area contributed by atoms with E-state index in [-0.39, 0.29) is 11.9 Å². The lowest BCUT2D eigenvalue weighted by atomic mass is 10.1. The fraction of sp³-hybridized carbons (Fsp3) is 0.789. The zero-order valence-electron chi connectivity index (χ0n) is 27.6. The molecular formula is C38H68O4. The summed E-state index contributed by atoms with van der Waals surface area (Å²) in [6.45, 7) is 8.69. The number of ether oxygens (including phenoxy) is 2. The number of hydrogen-bond donors (Lipinski definition) is 0. The van der Waals surface area contributed by atoms with E-state index < -0.39 is 0 Å². The number of carbonyl (C=O) groups excluding carboxylic acids is 2. The van der Waals surface area contributed by atoms with Crippen LogP contribution in [0.4, 0.5) is 0 Å². The molecule has 0 heterocycles. The fourth-order valence-corrected chi connectivity index (χ4v) is 5.07. The molecule has 4 heteroatoms. The van der Waals surface area contributed by atoms with Crippen LogP contribution in [-0.2, 0) is 19.1 Å². The monoisotopic (exact) mass is 589 g/mol. The second-order valence-electron chi connectivity index (χ2n) is 11.9. The first kappa shape index (κ1) is 40.2. The van der Waals surface area contributed by atoms with Crippen LogP contribution in [-0.4, -0.2) is 25.2 Å². The van der Waals surface area contributed by atoms with Gasteiger partial charge in [0, 0.05) is 12.8 Å². The van der Waals surface area contributed by atoms with Gasteiger partial charge in [0.15, 0.2) is 0 Å². The molecule has 0 aliphatic carbocycles. The number of esters is 2. The maximum absolute atomic E-state index is 11.8. The Morgan fingerprint density at radius 1 is 0.381 bits per heavy atom. The highest BCUT2D eigenvalue weighted by Gasteiger charge is 2.03. The molecule has 244 valence electrons. The van der Waals surface area contributed by atoms with Crippen molar-refractivity contribution in [2.45, 2.75) is 180 Å². The van der Waals surface area contributed by atoms with Crippen LogP contribution in [0, 0.1) is 0 Å². The minimum Gasteiger partial charge on any atom is -0.466 e. The van der Waals surface area contributed by atoms with Gasteiger partial charge < -0.3 is 9.47 Å². The highest BCUT2D eigenvalue weighted by molar-refractivity contribution is 5.69. The van der Waals surface area contributed by atoms with Gasteiger partial charge in [-0.3, -0.25) is 9.59 Å². The number of hydrogen-bond acceptors (Lipinski definition) is 4. The molecule has 0 fully saturated rings. The Morgan fingerprint density at radius 3 is 1.02 bits per heavy atom. The van der Waals surface area contributed by atoms with Gasteiger partial charge >= 0.3 is 11.9 Å². The molecule has 0 atom stereocenters. The Labute approximate surface area is 261 Å². The van der Waals surface area contributed by atoms with Crippen molar-refractivity contribution in [3.05, 3.63) is 37.5 Å². The molecule has 0 aliphatic heterocycles. The van der Waals surface area contributed by atoms with Gasteiger partial charge in [-0.1, -0.05) is 114 Å². The number of allylic oxidation sites excluding steroid dienone is 4. The van der Waals surface area contributed by atoms with Gasteiger partial charge in [0.2, 0.25) is 0 Å². The standard InChI is InChI=1S/C38H68O4/c1-3-5-7-9-11-23-27-31-35-41-37(39)33-29-25-21-19-17-15-13-14-16-18-20-22-26-30-34-38(40)42-36-32-28-24-12-10-8-6-4-2/h3-4,13-14H,1-2,5-12,15-36H2/b14-13+. The van der Waals surface area contributed by atoms with Gasteiger partial charge in [-0.05, 0) is 77.0 Å². The van der Waals surface area contributed by atoms with Gasteiger partial charge in [0.1, 0.15) is 0 Å². The summed E-state index contributed by atoms with van der Waals surface area (Å²) in [5.74, 6) is -0.0393. The summed E-state index contributed by atoms with van der Waals surface area (Å²) in [6, 6.07) is 0. The van der Waals surface area contributed by atoms with E-state index in [1.165, 1.54) is 89.9 Å². The summed E-state index contributed by atoms with van der Waals surface area (Å²) >= 11 is 0. The molecular weight excluding hydrogens is 520 g/mol. The maximum Gasteiger partial charge on any atom is 0.305 e. The Balaban J connectivity index is 3.27. The molecule has 4 nitrogen and oxygen atoms in total. The first-order valence-corrected chi connectivity index (χ1v) is 17.9. The van der Waals surface area contributed by atoms with Crippen LogP contribution >= 0.6 is 0 Å². The third kappa shape index (κ3) is 34.4. The molecule has 0 N–H and O–H groups in total. The summed E-state index contributed by atoms with van der Waals surface area (Å²) < 4.78 is 10.7. The van der Waals surface area contributed by atoms with Crippen LogP contribution in [0.25, 0.3) is 0 Å². The summed E-state index contributed by atoms with van der Waals surface area (Å²) in [6.07, 6.45) is 40.3. The Hall–Kier alpha value is -1.84. The van der Waals surface area contributed by atoms with Gasteiger partial charge in [-0.15, -0.1) is 13.2 Å². The molecule has 0 bridgehead atoms. The molecule has 42 heavy (non-hydrogen) atoms. The first-order chi connectivity index (χ1) is 20.7. The number of unbranched alkanes of at least 4 members (excludes halogenated alkanes) is 22. The molecule has 0 aromatic carbocycles. The number of rotatable bonds is 34. The van der Waals surface area contributed by atoms with E-state index in [1.807, 2.05) is 12.2 Å². The molecule has 0 aromatic rings. The van der Waals surface area contributed by atoms with Crippen molar-refractivity contribution in [3.8, 4) is 0 Å². The highest BCUT2D eigenvalue weighted by Crippen LogP contribution is 2.12. The van der Waals surface area contributed by atoms with Crippen molar-refractivity contribution in [2.24, 2.45) is 0 Å². The van der Waals surface area contributed by atoms with Gasteiger partial charge in [-0.25, -0.2) is 0 Å². The van der Waals surface area contributed by atoms with Crippen LogP contribution in [0.2, 0.25) is 0 Å². The topological polar surface area (TPSA) is 52.6 Å². The molecule has 0 spiro atoms. The van der Waals surface area contributed by atoms with Crippen molar-refractivity contribution in [3.63, 3.8) is 0 Å². The fourth-order valence-electron chi connectivity index (χ4n) is 5.07. The van der Waals surface area contributed by atoms with E-state index in [4.69, 9.17) is 9.47 Å². The van der Waals surface area contributed by atoms with Gasteiger partial charge in [0.25, 0.3) is 0 Å². The third-order valence-electron chi connectivity index (χ3n) is 7.80. The lowest BCUT2D eigenvalue weighted by Gasteiger charge is -2.05. The lowest BCUT2D eigenvalue weighted by Crippen LogP contribution is -2.05. The average molecular weight is 589 g/mol. The second-order valence-corrected chi connectivity index (χ2v) is 11.9. The third-order valence-corrected chi connectivity index (χ3v) is 7.80. The zero-order valence-corrected chi connectivity index (χ0v) is 27.6. The minimum absolute atomic E-state index is 0.0196. The van der Waals surface area contributed by atoms with E-state index in [0.717, 1.165) is 77.0 Å². The summed E-state index contributed by atoms with van der Waals surface area (Å²) in [7, 11) is 0. The Kier molecular flexibility index (Phi) is 33.8. The number of carbonyl (C=O) groups is 2. The van der Waals surface area contributed by atoms with Crippen LogP contribution < -0.4 is 0 Å². The first-order valence-electron chi connectivity index (χ1n) is 17.9. The second kappa shape index (κ2) is 35.4. The molecule has 0 aromatic heterocycles. The molecule has 0 aliphatic rings. The average Bonchev–Trinajstić information content (AvgIpc) is 2.99. The predicted molar refractivity (Wildman–Crippen MR) is 181 cm³/mol. The Bertz CT molecular complexity index is 585. The summed E-state index contributed by atoms with van der Waals surface area (Å²) in [5.41, 5.74) is 0. The van der Waals surface area contributed by atoms with Gasteiger partial charge in [0.05, 0.1) is 13.2 Å². The molecule has 0 amide bonds. The Morgan fingerprint density at radius 2 is 0.667 bits per heavy atom. The van der Waals surface area contributed by atoms with Crippen molar-refractivity contribution < 1.29 is 19.1 Å². The minimum atomic E-state index is -0.0196. The van der Waals surface area contributed by atoms with E-state index in [2.05, 4.69) is 25.3 Å². The lowest BCUT2D eigenvalue weighted by molar-refractivity contribution is -0.144. The van der Waals surface area contributed by atoms with Crippen LogP contribution in [0.15, 0.2) is 37.5 Å². The van der Waals surface area contributed by atoms with Crippen LogP contribution in [0.1, 0.15) is 180 Å². The quantitative estimate of drug-likeness (QED) is 0.0426. The molecule has 0 unspecified atom stereocenters. The summed E-state index contributed by atoms with van der Waals surface area (Å²) in [5, 5.41) is 0.